The molecule has 0 N–H and O–H groups in total. The molecule has 0 spiro atoms. The summed E-state index contributed by atoms with van der Waals surface area (Å²) in [7, 11) is 0. The van der Waals surface area contributed by atoms with Crippen molar-refractivity contribution >= 4 is 11.7 Å². The Morgan fingerprint density at radius 3 is 2.43 bits per heavy atom. The van der Waals surface area contributed by atoms with Gasteiger partial charge in [-0.3, -0.25) is 0 Å². The van der Waals surface area contributed by atoms with E-state index in [-0.39, 0.29) is 11.4 Å². The average Bonchev–Trinajstić information content (AvgIpc) is 2.52. The molecule has 2 aliphatic heterocycles. The van der Waals surface area contributed by atoms with Crippen LogP contribution in [-0.2, 0) is 14.2 Å². The van der Waals surface area contributed by atoms with Gasteiger partial charge in [0.05, 0.1) is 32.0 Å². The number of ether oxygens (including phenoxy) is 3. The molecule has 0 amide bonds. The second kappa shape index (κ2) is 6.03. The van der Waals surface area contributed by atoms with Gasteiger partial charge in [-0.1, -0.05) is 6.92 Å². The Morgan fingerprint density at radius 2 is 1.86 bits per heavy atom. The van der Waals surface area contributed by atoms with Crippen LogP contribution in [0.5, 0.6) is 0 Å². The van der Waals surface area contributed by atoms with E-state index < -0.39 is 0 Å². The van der Waals surface area contributed by atoms with Gasteiger partial charge in [0, 0.05) is 24.2 Å². The van der Waals surface area contributed by atoms with Crippen LogP contribution in [0.4, 0.5) is 5.69 Å². The van der Waals surface area contributed by atoms with Crippen molar-refractivity contribution < 1.29 is 19.0 Å². The quantitative estimate of drug-likeness (QED) is 0.791. The summed E-state index contributed by atoms with van der Waals surface area (Å²) in [5, 5.41) is 0. The van der Waals surface area contributed by atoms with Gasteiger partial charge < -0.3 is 19.1 Å². The zero-order valence-electron chi connectivity index (χ0n) is 12.3. The summed E-state index contributed by atoms with van der Waals surface area (Å²) in [6.45, 7) is 7.09. The van der Waals surface area contributed by atoms with E-state index in [1.807, 2.05) is 24.3 Å². The van der Waals surface area contributed by atoms with Crippen LogP contribution in [0.25, 0.3) is 0 Å². The van der Waals surface area contributed by atoms with Gasteiger partial charge in [-0.15, -0.1) is 0 Å². The van der Waals surface area contributed by atoms with Crippen molar-refractivity contribution in [3.05, 3.63) is 29.8 Å². The summed E-state index contributed by atoms with van der Waals surface area (Å²) in [5.41, 5.74) is 1.70. The SMILES string of the molecule is CC1(COC(=O)c2ccc(N3CCOCC3)cc2)COC1. The van der Waals surface area contributed by atoms with Crippen LogP contribution in [0.2, 0.25) is 0 Å². The Labute approximate surface area is 124 Å². The first-order valence-electron chi connectivity index (χ1n) is 7.34. The Kier molecular flexibility index (Phi) is 4.12. The molecule has 0 atom stereocenters. The third-order valence-electron chi connectivity index (χ3n) is 3.93. The Hall–Kier alpha value is -1.59. The molecule has 0 radical (unpaired) electrons. The molecule has 2 heterocycles. The molecule has 3 rings (SSSR count). The molecule has 2 fully saturated rings. The minimum absolute atomic E-state index is 0.0105. The summed E-state index contributed by atoms with van der Waals surface area (Å²) >= 11 is 0. The van der Waals surface area contributed by atoms with Crippen molar-refractivity contribution in [2.45, 2.75) is 6.92 Å². The first kappa shape index (κ1) is 14.4. The standard InChI is InChI=1S/C16H21NO4/c1-16(10-20-11-16)12-21-15(18)13-2-4-14(5-3-13)17-6-8-19-9-7-17/h2-5H,6-12H2,1H3. The molecule has 2 saturated heterocycles. The van der Waals surface area contributed by atoms with E-state index in [4.69, 9.17) is 14.2 Å². The third kappa shape index (κ3) is 3.36. The molecule has 5 heteroatoms. The number of rotatable bonds is 4. The molecule has 0 unspecified atom stereocenters. The van der Waals surface area contributed by atoms with E-state index in [9.17, 15) is 4.79 Å². The van der Waals surface area contributed by atoms with Crippen molar-refractivity contribution in [3.8, 4) is 0 Å². The van der Waals surface area contributed by atoms with Crippen LogP contribution in [0, 0.1) is 5.41 Å². The minimum Gasteiger partial charge on any atom is -0.461 e. The summed E-state index contributed by atoms with van der Waals surface area (Å²) in [6.07, 6.45) is 0. The number of morpholine rings is 1. The average molecular weight is 291 g/mol. The topological polar surface area (TPSA) is 48.0 Å². The van der Waals surface area contributed by atoms with Crippen molar-refractivity contribution in [1.82, 2.24) is 0 Å². The molecule has 0 saturated carbocycles. The number of hydrogen-bond acceptors (Lipinski definition) is 5. The monoisotopic (exact) mass is 291 g/mol. The lowest BCUT2D eigenvalue weighted by Crippen LogP contribution is -2.44. The highest BCUT2D eigenvalue weighted by molar-refractivity contribution is 5.89. The molecular weight excluding hydrogens is 270 g/mol. The van der Waals surface area contributed by atoms with E-state index in [2.05, 4.69) is 11.8 Å². The van der Waals surface area contributed by atoms with Gasteiger partial charge in [0.15, 0.2) is 0 Å². The second-order valence-corrected chi connectivity index (χ2v) is 6.03. The molecule has 0 aromatic heterocycles. The summed E-state index contributed by atoms with van der Waals surface area (Å²) < 4.78 is 15.9. The number of benzene rings is 1. The van der Waals surface area contributed by atoms with Crippen molar-refractivity contribution in [2.24, 2.45) is 5.41 Å². The van der Waals surface area contributed by atoms with Crippen molar-refractivity contribution in [3.63, 3.8) is 0 Å². The van der Waals surface area contributed by atoms with Crippen LogP contribution >= 0.6 is 0 Å². The Bertz CT molecular complexity index is 490. The van der Waals surface area contributed by atoms with Gasteiger partial charge >= 0.3 is 5.97 Å². The van der Waals surface area contributed by atoms with Gasteiger partial charge in [0.1, 0.15) is 6.61 Å². The Balaban J connectivity index is 1.56. The molecule has 5 nitrogen and oxygen atoms in total. The first-order chi connectivity index (χ1) is 10.2. The maximum atomic E-state index is 12.0. The number of nitrogens with zero attached hydrogens (tertiary/aromatic N) is 1. The molecule has 21 heavy (non-hydrogen) atoms. The molecule has 1 aromatic rings. The van der Waals surface area contributed by atoms with Crippen LogP contribution in [0.15, 0.2) is 24.3 Å². The highest BCUT2D eigenvalue weighted by Crippen LogP contribution is 2.27. The van der Waals surface area contributed by atoms with E-state index in [0.717, 1.165) is 32.0 Å². The third-order valence-corrected chi connectivity index (χ3v) is 3.93. The van der Waals surface area contributed by atoms with E-state index in [1.165, 1.54) is 0 Å². The van der Waals surface area contributed by atoms with Crippen molar-refractivity contribution in [2.75, 3.05) is 51.0 Å². The zero-order chi connectivity index (χ0) is 14.7. The molecule has 2 aliphatic rings. The van der Waals surface area contributed by atoms with Crippen molar-refractivity contribution in [1.29, 1.82) is 0 Å². The number of anilines is 1. The van der Waals surface area contributed by atoms with Gasteiger partial charge in [-0.05, 0) is 24.3 Å². The zero-order valence-corrected chi connectivity index (χ0v) is 12.3. The second-order valence-electron chi connectivity index (χ2n) is 6.03. The normalized spacial score (nSPS) is 20.7. The lowest BCUT2D eigenvalue weighted by Gasteiger charge is -2.37. The Morgan fingerprint density at radius 1 is 1.19 bits per heavy atom. The summed E-state index contributed by atoms with van der Waals surface area (Å²) in [5.74, 6) is -0.267. The molecule has 0 aliphatic carbocycles. The van der Waals surface area contributed by atoms with Gasteiger partial charge in [-0.25, -0.2) is 4.79 Å². The lowest BCUT2D eigenvalue weighted by molar-refractivity contribution is -0.127. The van der Waals surface area contributed by atoms with Gasteiger partial charge in [0.2, 0.25) is 0 Å². The maximum absolute atomic E-state index is 12.0. The van der Waals surface area contributed by atoms with Crippen LogP contribution < -0.4 is 4.90 Å². The number of carbonyl (C=O) groups is 1. The molecular formula is C16H21NO4. The smallest absolute Gasteiger partial charge is 0.338 e. The number of esters is 1. The van der Waals surface area contributed by atoms with Crippen LogP contribution in [0.3, 0.4) is 0 Å². The minimum atomic E-state index is -0.267. The largest absolute Gasteiger partial charge is 0.461 e. The predicted octanol–water partition coefficient (Wildman–Crippen LogP) is 1.72. The first-order valence-corrected chi connectivity index (χ1v) is 7.34. The maximum Gasteiger partial charge on any atom is 0.338 e. The molecule has 114 valence electrons. The lowest BCUT2D eigenvalue weighted by atomic mass is 9.90. The summed E-state index contributed by atoms with van der Waals surface area (Å²) in [6, 6.07) is 7.59. The fraction of sp³-hybridized carbons (Fsp3) is 0.562. The number of hydrogen-bond donors (Lipinski definition) is 0. The number of carbonyl (C=O) groups excluding carboxylic acids is 1. The summed E-state index contributed by atoms with van der Waals surface area (Å²) in [4.78, 5) is 14.3. The molecule has 1 aromatic carbocycles. The van der Waals surface area contributed by atoms with E-state index >= 15 is 0 Å². The fourth-order valence-electron chi connectivity index (χ4n) is 2.49. The highest BCUT2D eigenvalue weighted by atomic mass is 16.5. The highest BCUT2D eigenvalue weighted by Gasteiger charge is 2.34. The van der Waals surface area contributed by atoms with Crippen LogP contribution in [-0.4, -0.2) is 52.1 Å². The fourth-order valence-corrected chi connectivity index (χ4v) is 2.49. The van der Waals surface area contributed by atoms with E-state index in [0.29, 0.717) is 25.4 Å². The predicted molar refractivity (Wildman–Crippen MR) is 78.7 cm³/mol. The van der Waals surface area contributed by atoms with Crippen LogP contribution in [0.1, 0.15) is 17.3 Å². The van der Waals surface area contributed by atoms with E-state index in [1.54, 1.807) is 0 Å². The van der Waals surface area contributed by atoms with Gasteiger partial charge in [-0.2, -0.15) is 0 Å². The van der Waals surface area contributed by atoms with Gasteiger partial charge in [0.25, 0.3) is 0 Å². The molecule has 0 bridgehead atoms.